The summed E-state index contributed by atoms with van der Waals surface area (Å²) < 4.78 is 0. The minimum atomic E-state index is -1.67. The molecule has 4 amide bonds. The first-order valence-electron chi connectivity index (χ1n) is 9.42. The van der Waals surface area contributed by atoms with E-state index in [0.29, 0.717) is 5.69 Å². The Bertz CT molecular complexity index is 879. The molecule has 0 aromatic carbocycles. The summed E-state index contributed by atoms with van der Waals surface area (Å²) in [5.41, 5.74) is 10.9. The van der Waals surface area contributed by atoms with E-state index in [1.54, 1.807) is 0 Å². The van der Waals surface area contributed by atoms with Crippen molar-refractivity contribution in [3.63, 3.8) is 0 Å². The molecule has 0 bridgehead atoms. The molecule has 0 aliphatic heterocycles. The fraction of sp³-hybridized carbons (Fsp3) is 0.471. The van der Waals surface area contributed by atoms with Crippen LogP contribution in [0.1, 0.15) is 18.5 Å². The van der Waals surface area contributed by atoms with Crippen LogP contribution in [0.5, 0.6) is 0 Å². The first-order chi connectivity index (χ1) is 15.4. The van der Waals surface area contributed by atoms with Gasteiger partial charge in [-0.05, 0) is 0 Å². The summed E-state index contributed by atoms with van der Waals surface area (Å²) in [4.78, 5) is 77.1. The van der Waals surface area contributed by atoms with E-state index in [1.165, 1.54) is 12.5 Å². The first kappa shape index (κ1) is 27.4. The van der Waals surface area contributed by atoms with Crippen LogP contribution in [-0.2, 0) is 35.2 Å². The van der Waals surface area contributed by atoms with Crippen molar-refractivity contribution in [3.05, 3.63) is 18.2 Å². The molecule has 16 heteroatoms. The quantitative estimate of drug-likeness (QED) is 0.115. The highest BCUT2D eigenvalue weighted by Crippen LogP contribution is 2.03. The highest BCUT2D eigenvalue weighted by molar-refractivity contribution is 7.80. The summed E-state index contributed by atoms with van der Waals surface area (Å²) in [7, 11) is 0. The Morgan fingerprint density at radius 3 is 2.03 bits per heavy atom. The standard InChI is InChI=1S/C17H25N7O8S/c18-8(2-12(19)25)14(28)24-11(5-33)16(30)22-9(3-13(26)27)15(29)23-10(17(31)32)1-7-4-20-6-21-7/h4,6,8-11,33H,1-3,5,18H2,(H2,19,25)(H,20,21)(H,22,30)(H,23,29)(H,24,28)(H,26,27)(H,31,32). The number of carboxylic acid groups (broad SMARTS) is 2. The molecular weight excluding hydrogens is 462 g/mol. The van der Waals surface area contributed by atoms with Gasteiger partial charge in [0.15, 0.2) is 0 Å². The molecule has 33 heavy (non-hydrogen) atoms. The molecule has 1 rings (SSSR count). The Morgan fingerprint density at radius 2 is 1.55 bits per heavy atom. The lowest BCUT2D eigenvalue weighted by molar-refractivity contribution is -0.143. The van der Waals surface area contributed by atoms with Crippen LogP contribution in [0, 0.1) is 0 Å². The van der Waals surface area contributed by atoms with E-state index in [9.17, 15) is 33.9 Å². The van der Waals surface area contributed by atoms with E-state index >= 15 is 0 Å². The maximum absolute atomic E-state index is 12.6. The number of imidazole rings is 1. The van der Waals surface area contributed by atoms with Crippen LogP contribution in [0.25, 0.3) is 0 Å². The molecule has 4 unspecified atom stereocenters. The second kappa shape index (κ2) is 13.0. The number of carboxylic acids is 2. The van der Waals surface area contributed by atoms with Gasteiger partial charge in [0.25, 0.3) is 0 Å². The lowest BCUT2D eigenvalue weighted by atomic mass is 10.1. The van der Waals surface area contributed by atoms with Crippen molar-refractivity contribution in [2.24, 2.45) is 11.5 Å². The van der Waals surface area contributed by atoms with Gasteiger partial charge in [-0.1, -0.05) is 0 Å². The first-order valence-corrected chi connectivity index (χ1v) is 10.1. The fourth-order valence-electron chi connectivity index (χ4n) is 2.53. The number of hydrogen-bond donors (Lipinski definition) is 9. The summed E-state index contributed by atoms with van der Waals surface area (Å²) in [6, 6.07) is -5.80. The second-order valence-corrected chi connectivity index (χ2v) is 7.23. The number of aromatic amines is 1. The Labute approximate surface area is 192 Å². The predicted octanol–water partition coefficient (Wildman–Crippen LogP) is -3.90. The summed E-state index contributed by atoms with van der Waals surface area (Å²) in [5.74, 6) is -6.91. The summed E-state index contributed by atoms with van der Waals surface area (Å²) in [5, 5.41) is 25.0. The topological polar surface area (TPSA) is 260 Å². The number of hydrogen-bond acceptors (Lipinski definition) is 9. The third kappa shape index (κ3) is 9.56. The molecule has 0 aliphatic rings. The van der Waals surface area contributed by atoms with Crippen molar-refractivity contribution in [1.82, 2.24) is 25.9 Å². The predicted molar refractivity (Wildman–Crippen MR) is 114 cm³/mol. The van der Waals surface area contributed by atoms with Crippen LogP contribution < -0.4 is 27.4 Å². The van der Waals surface area contributed by atoms with Gasteiger partial charge in [0, 0.05) is 24.1 Å². The number of carbonyl (C=O) groups is 6. The van der Waals surface area contributed by atoms with Crippen molar-refractivity contribution < 1.29 is 39.0 Å². The molecule has 15 nitrogen and oxygen atoms in total. The Hall–Kier alpha value is -3.66. The summed E-state index contributed by atoms with van der Waals surface area (Å²) in [6.07, 6.45) is 1.13. The molecule has 10 N–H and O–H groups in total. The number of aliphatic carboxylic acids is 2. The molecule has 0 fully saturated rings. The van der Waals surface area contributed by atoms with Crippen LogP contribution in [0.15, 0.2) is 12.5 Å². The minimum absolute atomic E-state index is 0.179. The van der Waals surface area contributed by atoms with Gasteiger partial charge in [-0.2, -0.15) is 12.6 Å². The number of carbonyl (C=O) groups excluding carboxylic acids is 4. The summed E-state index contributed by atoms with van der Waals surface area (Å²) in [6.45, 7) is 0. The van der Waals surface area contributed by atoms with E-state index in [0.717, 1.165) is 0 Å². The van der Waals surface area contributed by atoms with Crippen molar-refractivity contribution in [2.45, 2.75) is 43.4 Å². The summed E-state index contributed by atoms with van der Waals surface area (Å²) >= 11 is 3.93. The molecule has 4 atom stereocenters. The van der Waals surface area contributed by atoms with Gasteiger partial charge in [-0.15, -0.1) is 0 Å². The van der Waals surface area contributed by atoms with Crippen molar-refractivity contribution in [2.75, 3.05) is 5.75 Å². The van der Waals surface area contributed by atoms with Crippen LogP contribution >= 0.6 is 12.6 Å². The average Bonchev–Trinajstić information content (AvgIpc) is 3.22. The van der Waals surface area contributed by atoms with E-state index in [-0.39, 0.29) is 12.2 Å². The molecule has 1 heterocycles. The van der Waals surface area contributed by atoms with Gasteiger partial charge < -0.3 is 42.6 Å². The third-order valence-corrected chi connectivity index (χ3v) is 4.54. The highest BCUT2D eigenvalue weighted by atomic mass is 32.1. The lowest BCUT2D eigenvalue weighted by Gasteiger charge is -2.23. The van der Waals surface area contributed by atoms with Crippen LogP contribution in [0.4, 0.5) is 0 Å². The number of primary amides is 1. The highest BCUT2D eigenvalue weighted by Gasteiger charge is 2.31. The third-order valence-electron chi connectivity index (χ3n) is 4.18. The van der Waals surface area contributed by atoms with Crippen LogP contribution in [0.2, 0.25) is 0 Å². The van der Waals surface area contributed by atoms with E-state index < -0.39 is 72.6 Å². The van der Waals surface area contributed by atoms with Crippen molar-refractivity contribution >= 4 is 48.2 Å². The van der Waals surface area contributed by atoms with Gasteiger partial charge in [0.1, 0.15) is 18.1 Å². The maximum Gasteiger partial charge on any atom is 0.326 e. The second-order valence-electron chi connectivity index (χ2n) is 6.86. The molecule has 0 saturated heterocycles. The number of aromatic nitrogens is 2. The lowest BCUT2D eigenvalue weighted by Crippen LogP contribution is -2.58. The number of nitrogens with two attached hydrogens (primary N) is 2. The van der Waals surface area contributed by atoms with Gasteiger partial charge in [0.05, 0.1) is 25.2 Å². The molecule has 0 saturated carbocycles. The van der Waals surface area contributed by atoms with Crippen molar-refractivity contribution in [1.29, 1.82) is 0 Å². The Kier molecular flexibility index (Phi) is 10.8. The van der Waals surface area contributed by atoms with Gasteiger partial charge in [-0.25, -0.2) is 9.78 Å². The van der Waals surface area contributed by atoms with Crippen LogP contribution in [-0.4, -0.2) is 85.7 Å². The molecule has 0 aliphatic carbocycles. The number of nitrogens with one attached hydrogen (secondary N) is 4. The van der Waals surface area contributed by atoms with Gasteiger partial charge in [0.2, 0.25) is 23.6 Å². The molecule has 0 radical (unpaired) electrons. The van der Waals surface area contributed by atoms with E-state index in [1.807, 2.05) is 0 Å². The maximum atomic E-state index is 12.6. The number of amides is 4. The normalized spacial score (nSPS) is 14.2. The zero-order valence-electron chi connectivity index (χ0n) is 17.2. The monoisotopic (exact) mass is 487 g/mol. The molecular formula is C17H25N7O8S. The van der Waals surface area contributed by atoms with E-state index in [4.69, 9.17) is 16.6 Å². The fourth-order valence-corrected chi connectivity index (χ4v) is 2.78. The minimum Gasteiger partial charge on any atom is -0.481 e. The largest absolute Gasteiger partial charge is 0.481 e. The molecule has 0 spiro atoms. The number of thiol groups is 1. The molecule has 1 aromatic heterocycles. The number of H-pyrrole nitrogens is 1. The SMILES string of the molecule is NC(=O)CC(N)C(=O)NC(CS)C(=O)NC(CC(=O)O)C(=O)NC(Cc1cnc[nH]1)C(=O)O. The number of nitrogens with zero attached hydrogens (tertiary/aromatic N) is 1. The van der Waals surface area contributed by atoms with Crippen LogP contribution in [0.3, 0.4) is 0 Å². The molecule has 1 aromatic rings. The van der Waals surface area contributed by atoms with Gasteiger partial charge in [-0.3, -0.25) is 24.0 Å². The molecule has 182 valence electrons. The smallest absolute Gasteiger partial charge is 0.326 e. The number of rotatable bonds is 14. The van der Waals surface area contributed by atoms with Crippen molar-refractivity contribution in [3.8, 4) is 0 Å². The van der Waals surface area contributed by atoms with Gasteiger partial charge >= 0.3 is 11.9 Å². The Morgan fingerprint density at radius 1 is 0.970 bits per heavy atom. The zero-order chi connectivity index (χ0) is 25.1. The Balaban J connectivity index is 2.88. The zero-order valence-corrected chi connectivity index (χ0v) is 18.1. The average molecular weight is 487 g/mol. The van der Waals surface area contributed by atoms with E-state index in [2.05, 4.69) is 38.5 Å².